The van der Waals surface area contributed by atoms with Crippen LogP contribution in [0.5, 0.6) is 17.2 Å². The van der Waals surface area contributed by atoms with Crippen molar-refractivity contribution in [2.24, 2.45) is 10.1 Å². The minimum absolute atomic E-state index is 0.581. The number of aliphatic imine (C=N–C) groups is 1. The van der Waals surface area contributed by atoms with Gasteiger partial charge in [0.15, 0.2) is 17.3 Å². The Morgan fingerprint density at radius 2 is 1.58 bits per heavy atom. The molecule has 0 aliphatic carbocycles. The standard InChI is InChI=1S/C25H25N3O3/c1-5-31-19-11-12-21-20(15-19)24(18-10-13-22(29-3)23(14-18)30-4)27-28-25(26-21)17-8-6-16(2)7-9-17/h6-15H,5H2,1-4H3,(H,26,28). The number of fused-ring (bicyclic) bond motifs is 1. The van der Waals surface area contributed by atoms with Crippen molar-refractivity contribution in [3.63, 3.8) is 0 Å². The Labute approximate surface area is 182 Å². The number of nitrogens with one attached hydrogen (secondary N) is 1. The van der Waals surface area contributed by atoms with Crippen LogP contribution in [0.4, 0.5) is 5.69 Å². The molecule has 0 radical (unpaired) electrons. The highest BCUT2D eigenvalue weighted by atomic mass is 16.5. The molecule has 0 saturated carbocycles. The van der Waals surface area contributed by atoms with E-state index in [1.54, 1.807) is 14.2 Å². The number of aryl methyl sites for hydroxylation is 1. The molecule has 0 fully saturated rings. The van der Waals surface area contributed by atoms with Gasteiger partial charge in [-0.25, -0.2) is 4.99 Å². The fourth-order valence-corrected chi connectivity index (χ4v) is 3.42. The first-order chi connectivity index (χ1) is 15.1. The zero-order chi connectivity index (χ0) is 21.8. The van der Waals surface area contributed by atoms with Crippen LogP contribution < -0.4 is 19.6 Å². The molecular weight excluding hydrogens is 390 g/mol. The second-order valence-electron chi connectivity index (χ2n) is 7.08. The summed E-state index contributed by atoms with van der Waals surface area (Å²) in [5.74, 6) is 2.74. The van der Waals surface area contributed by atoms with Crippen LogP contribution in [0, 0.1) is 6.92 Å². The van der Waals surface area contributed by atoms with Crippen LogP contribution in [0.3, 0.4) is 0 Å². The molecule has 0 bridgehead atoms. The van der Waals surface area contributed by atoms with Gasteiger partial charge in [0.05, 0.1) is 26.5 Å². The van der Waals surface area contributed by atoms with E-state index in [0.29, 0.717) is 23.9 Å². The molecule has 0 aromatic heterocycles. The van der Waals surface area contributed by atoms with Gasteiger partial charge < -0.3 is 14.2 Å². The molecule has 1 N–H and O–H groups in total. The van der Waals surface area contributed by atoms with Gasteiger partial charge in [0.25, 0.3) is 0 Å². The van der Waals surface area contributed by atoms with E-state index in [0.717, 1.165) is 33.8 Å². The summed E-state index contributed by atoms with van der Waals surface area (Å²) in [7, 11) is 3.24. The summed E-state index contributed by atoms with van der Waals surface area (Å²) in [5.41, 5.74) is 8.59. The number of methoxy groups -OCH3 is 2. The van der Waals surface area contributed by atoms with Crippen molar-refractivity contribution >= 4 is 17.2 Å². The highest BCUT2D eigenvalue weighted by molar-refractivity contribution is 6.18. The van der Waals surface area contributed by atoms with Crippen molar-refractivity contribution in [2.45, 2.75) is 13.8 Å². The van der Waals surface area contributed by atoms with Gasteiger partial charge >= 0.3 is 0 Å². The molecule has 1 aliphatic rings. The highest BCUT2D eigenvalue weighted by Crippen LogP contribution is 2.33. The van der Waals surface area contributed by atoms with Gasteiger partial charge in [-0.1, -0.05) is 29.8 Å². The number of nitrogens with zero attached hydrogens (tertiary/aromatic N) is 2. The van der Waals surface area contributed by atoms with Crippen LogP contribution in [0.1, 0.15) is 29.2 Å². The molecule has 31 heavy (non-hydrogen) atoms. The summed E-state index contributed by atoms with van der Waals surface area (Å²) in [6.45, 7) is 4.60. The minimum atomic E-state index is 0.581. The molecule has 158 valence electrons. The van der Waals surface area contributed by atoms with E-state index in [4.69, 9.17) is 24.3 Å². The first-order valence-electron chi connectivity index (χ1n) is 10.1. The summed E-state index contributed by atoms with van der Waals surface area (Å²) < 4.78 is 16.6. The fraction of sp³-hybridized carbons (Fsp3) is 0.200. The molecule has 4 rings (SSSR count). The number of hydrogen-bond acceptors (Lipinski definition) is 6. The van der Waals surface area contributed by atoms with Crippen molar-refractivity contribution in [3.8, 4) is 17.2 Å². The van der Waals surface area contributed by atoms with E-state index in [9.17, 15) is 0 Å². The Kier molecular flexibility index (Phi) is 5.89. The maximum Gasteiger partial charge on any atom is 0.161 e. The van der Waals surface area contributed by atoms with Crippen molar-refractivity contribution in [1.82, 2.24) is 5.43 Å². The number of hydrogen-bond donors (Lipinski definition) is 1. The minimum Gasteiger partial charge on any atom is -0.494 e. The fourth-order valence-electron chi connectivity index (χ4n) is 3.42. The molecule has 0 amide bonds. The third kappa shape index (κ3) is 4.23. The van der Waals surface area contributed by atoms with Crippen LogP contribution >= 0.6 is 0 Å². The van der Waals surface area contributed by atoms with E-state index < -0.39 is 0 Å². The third-order valence-corrected chi connectivity index (χ3v) is 5.02. The molecule has 6 nitrogen and oxygen atoms in total. The lowest BCUT2D eigenvalue weighted by molar-refractivity contribution is 0.340. The topological polar surface area (TPSA) is 64.4 Å². The molecular formula is C25H25N3O3. The summed E-state index contributed by atoms with van der Waals surface area (Å²) >= 11 is 0. The molecule has 0 unspecified atom stereocenters. The van der Waals surface area contributed by atoms with Crippen molar-refractivity contribution in [1.29, 1.82) is 0 Å². The second-order valence-corrected chi connectivity index (χ2v) is 7.08. The van der Waals surface area contributed by atoms with E-state index in [1.165, 1.54) is 5.56 Å². The number of hydrazone groups is 1. The average molecular weight is 415 g/mol. The second kappa shape index (κ2) is 8.92. The quantitative estimate of drug-likeness (QED) is 0.625. The molecule has 6 heteroatoms. The number of benzene rings is 3. The van der Waals surface area contributed by atoms with Crippen LogP contribution in [-0.2, 0) is 0 Å². The lowest BCUT2D eigenvalue weighted by Gasteiger charge is -2.13. The lowest BCUT2D eigenvalue weighted by atomic mass is 10.00. The van der Waals surface area contributed by atoms with E-state index >= 15 is 0 Å². The van der Waals surface area contributed by atoms with Crippen molar-refractivity contribution in [3.05, 3.63) is 82.9 Å². The van der Waals surface area contributed by atoms with E-state index in [1.807, 2.05) is 55.5 Å². The zero-order valence-electron chi connectivity index (χ0n) is 18.1. The van der Waals surface area contributed by atoms with Gasteiger partial charge in [-0.3, -0.25) is 5.43 Å². The van der Waals surface area contributed by atoms with Gasteiger partial charge in [0.2, 0.25) is 0 Å². The summed E-state index contributed by atoms with van der Waals surface area (Å²) in [5, 5.41) is 4.73. The smallest absolute Gasteiger partial charge is 0.161 e. The Hall–Kier alpha value is -3.80. The molecule has 0 atom stereocenters. The van der Waals surface area contributed by atoms with Crippen molar-refractivity contribution in [2.75, 3.05) is 20.8 Å². The SMILES string of the molecule is CCOc1ccc2c(c1)C(c1ccc(OC)c(OC)c1)=NNC(c1ccc(C)cc1)=N2. The zero-order valence-corrected chi connectivity index (χ0v) is 18.1. The summed E-state index contributed by atoms with van der Waals surface area (Å²) in [4.78, 5) is 4.87. The van der Waals surface area contributed by atoms with E-state index in [-0.39, 0.29) is 0 Å². The number of amidine groups is 1. The maximum atomic E-state index is 5.73. The van der Waals surface area contributed by atoms with Crippen molar-refractivity contribution < 1.29 is 14.2 Å². The Morgan fingerprint density at radius 3 is 2.29 bits per heavy atom. The summed E-state index contributed by atoms with van der Waals surface area (Å²) in [6, 6.07) is 19.8. The molecule has 3 aromatic rings. The van der Waals surface area contributed by atoms with Gasteiger partial charge in [-0.2, -0.15) is 5.10 Å². The lowest BCUT2D eigenvalue weighted by Crippen LogP contribution is -2.19. The van der Waals surface area contributed by atoms with Crippen LogP contribution in [0.2, 0.25) is 0 Å². The van der Waals surface area contributed by atoms with Gasteiger partial charge in [0.1, 0.15) is 11.5 Å². The normalized spacial score (nSPS) is 12.6. The van der Waals surface area contributed by atoms with E-state index in [2.05, 4.69) is 24.5 Å². The Morgan fingerprint density at radius 1 is 0.839 bits per heavy atom. The monoisotopic (exact) mass is 415 g/mol. The predicted molar refractivity (Wildman–Crippen MR) is 123 cm³/mol. The Bertz CT molecular complexity index is 1150. The third-order valence-electron chi connectivity index (χ3n) is 5.02. The average Bonchev–Trinajstić information content (AvgIpc) is 2.99. The predicted octanol–water partition coefficient (Wildman–Crippen LogP) is 4.84. The largest absolute Gasteiger partial charge is 0.494 e. The maximum absolute atomic E-state index is 5.73. The highest BCUT2D eigenvalue weighted by Gasteiger charge is 2.19. The Balaban J connectivity index is 1.85. The molecule has 0 saturated heterocycles. The summed E-state index contributed by atoms with van der Waals surface area (Å²) in [6.07, 6.45) is 0. The van der Waals surface area contributed by atoms with Gasteiger partial charge in [-0.05, 0) is 50.2 Å². The first kappa shape index (κ1) is 20.5. The van der Waals surface area contributed by atoms with Crippen LogP contribution in [-0.4, -0.2) is 32.4 Å². The first-order valence-corrected chi connectivity index (χ1v) is 10.1. The molecule has 0 spiro atoms. The van der Waals surface area contributed by atoms with Crippen LogP contribution in [0.25, 0.3) is 0 Å². The number of rotatable bonds is 6. The number of ether oxygens (including phenoxy) is 3. The molecule has 1 heterocycles. The van der Waals surface area contributed by atoms with Crippen LogP contribution in [0.15, 0.2) is 70.8 Å². The van der Waals surface area contributed by atoms with Gasteiger partial charge in [-0.15, -0.1) is 0 Å². The van der Waals surface area contributed by atoms with Gasteiger partial charge in [0, 0.05) is 16.7 Å². The molecule has 3 aromatic carbocycles. The molecule has 1 aliphatic heterocycles.